The molecule has 1 atom stereocenters. The maximum atomic E-state index is 5.24. The Balaban J connectivity index is 2.04. The van der Waals surface area contributed by atoms with Gasteiger partial charge in [-0.15, -0.1) is 11.3 Å². The molecule has 0 radical (unpaired) electrons. The minimum Gasteiger partial charge on any atom is -0.358 e. The lowest BCUT2D eigenvalue weighted by Crippen LogP contribution is -1.93. The van der Waals surface area contributed by atoms with Crippen molar-refractivity contribution in [1.82, 2.24) is 0 Å². The van der Waals surface area contributed by atoms with Gasteiger partial charge in [0.2, 0.25) is 0 Å². The molecule has 1 nitrogen and oxygen atoms in total. The highest BCUT2D eigenvalue weighted by Crippen LogP contribution is 2.44. The lowest BCUT2D eigenvalue weighted by atomic mass is 10.6. The van der Waals surface area contributed by atoms with Gasteiger partial charge in [0.1, 0.15) is 4.93 Å². The van der Waals surface area contributed by atoms with Crippen LogP contribution in [0.25, 0.3) is 0 Å². The molecule has 1 unspecified atom stereocenters. The molecule has 1 fully saturated rings. The first-order valence-corrected chi connectivity index (χ1v) is 4.85. The van der Waals surface area contributed by atoms with Gasteiger partial charge in [-0.05, 0) is 18.4 Å². The number of hydrogen-bond acceptors (Lipinski definition) is 3. The summed E-state index contributed by atoms with van der Waals surface area (Å²) in [5, 5.41) is 2.09. The van der Waals surface area contributed by atoms with Gasteiger partial charge in [0.15, 0.2) is 0 Å². The normalized spacial score (nSPS) is 30.5. The molecular formula is C7H8OS2. The van der Waals surface area contributed by atoms with Gasteiger partial charge in [-0.25, -0.2) is 0 Å². The van der Waals surface area contributed by atoms with E-state index in [-0.39, 0.29) is 4.93 Å². The van der Waals surface area contributed by atoms with Gasteiger partial charge in [-0.2, -0.15) is 0 Å². The smallest absolute Gasteiger partial charge is 0.139 e. The van der Waals surface area contributed by atoms with Crippen LogP contribution in [0.2, 0.25) is 0 Å². The topological polar surface area (TPSA) is 12.5 Å². The van der Waals surface area contributed by atoms with Crippen LogP contribution in [0.1, 0.15) is 6.92 Å². The number of ether oxygens (including phenoxy) is 1. The zero-order chi connectivity index (χ0) is 7.03. The molecular weight excluding hydrogens is 164 g/mol. The molecule has 2 rings (SSSR count). The Morgan fingerprint density at radius 2 is 2.60 bits per heavy atom. The van der Waals surface area contributed by atoms with Gasteiger partial charge in [0.25, 0.3) is 0 Å². The van der Waals surface area contributed by atoms with Crippen LogP contribution in [0.3, 0.4) is 0 Å². The first-order valence-electron chi connectivity index (χ1n) is 3.15. The zero-order valence-electron chi connectivity index (χ0n) is 5.66. The quantitative estimate of drug-likeness (QED) is 0.636. The highest BCUT2D eigenvalue weighted by molar-refractivity contribution is 8.02. The average Bonchev–Trinajstić information content (AvgIpc) is 2.47. The largest absolute Gasteiger partial charge is 0.358 e. The molecule has 0 spiro atoms. The summed E-state index contributed by atoms with van der Waals surface area (Å²) in [4.78, 5) is 0.102. The maximum Gasteiger partial charge on any atom is 0.139 e. The Morgan fingerprint density at radius 1 is 1.80 bits per heavy atom. The van der Waals surface area contributed by atoms with Crippen molar-refractivity contribution < 1.29 is 4.74 Å². The molecule has 1 aliphatic heterocycles. The van der Waals surface area contributed by atoms with E-state index in [4.69, 9.17) is 4.74 Å². The second kappa shape index (κ2) is 2.26. The van der Waals surface area contributed by atoms with Crippen LogP contribution in [-0.2, 0) is 4.74 Å². The van der Waals surface area contributed by atoms with E-state index in [1.54, 1.807) is 11.3 Å². The van der Waals surface area contributed by atoms with Gasteiger partial charge in [-0.1, -0.05) is 17.8 Å². The third kappa shape index (κ3) is 1.36. The summed E-state index contributed by atoms with van der Waals surface area (Å²) in [5.74, 6) is 0. The van der Waals surface area contributed by atoms with E-state index < -0.39 is 0 Å². The van der Waals surface area contributed by atoms with Crippen molar-refractivity contribution in [1.29, 1.82) is 0 Å². The molecule has 1 aliphatic rings. The van der Waals surface area contributed by atoms with Crippen molar-refractivity contribution in [2.24, 2.45) is 0 Å². The monoisotopic (exact) mass is 172 g/mol. The summed E-state index contributed by atoms with van der Waals surface area (Å²) < 4.78 is 6.59. The summed E-state index contributed by atoms with van der Waals surface area (Å²) in [7, 11) is 0. The zero-order valence-corrected chi connectivity index (χ0v) is 7.30. The number of epoxide rings is 1. The van der Waals surface area contributed by atoms with Crippen molar-refractivity contribution in [3.05, 3.63) is 17.5 Å². The second-order valence-corrected chi connectivity index (χ2v) is 5.17. The van der Waals surface area contributed by atoms with E-state index in [2.05, 4.69) is 24.4 Å². The Labute approximate surface area is 68.4 Å². The first kappa shape index (κ1) is 6.70. The third-order valence-electron chi connectivity index (χ3n) is 1.36. The third-order valence-corrected chi connectivity index (χ3v) is 3.57. The minimum atomic E-state index is 0.102. The van der Waals surface area contributed by atoms with E-state index >= 15 is 0 Å². The Bertz CT molecular complexity index is 214. The fourth-order valence-corrected chi connectivity index (χ4v) is 2.78. The number of hydrogen-bond donors (Lipinski definition) is 0. The van der Waals surface area contributed by atoms with Crippen LogP contribution >= 0.6 is 23.1 Å². The molecule has 1 aromatic rings. The molecule has 1 saturated heterocycles. The van der Waals surface area contributed by atoms with E-state index in [9.17, 15) is 0 Å². The molecule has 54 valence electrons. The van der Waals surface area contributed by atoms with E-state index in [0.29, 0.717) is 0 Å². The average molecular weight is 172 g/mol. The fraction of sp³-hybridized carbons (Fsp3) is 0.429. The van der Waals surface area contributed by atoms with E-state index in [1.807, 2.05) is 11.8 Å². The van der Waals surface area contributed by atoms with Crippen LogP contribution in [0.5, 0.6) is 0 Å². The van der Waals surface area contributed by atoms with Crippen molar-refractivity contribution in [2.45, 2.75) is 16.1 Å². The summed E-state index contributed by atoms with van der Waals surface area (Å²) in [6.45, 7) is 3.02. The molecule has 0 aliphatic carbocycles. The molecule has 0 bridgehead atoms. The van der Waals surface area contributed by atoms with Crippen molar-refractivity contribution in [2.75, 3.05) is 6.61 Å². The summed E-state index contributed by atoms with van der Waals surface area (Å²) >= 11 is 3.59. The van der Waals surface area contributed by atoms with E-state index in [1.165, 1.54) is 4.21 Å². The Kier molecular flexibility index (Phi) is 1.51. The molecule has 10 heavy (non-hydrogen) atoms. The fourth-order valence-electron chi connectivity index (χ4n) is 0.695. The van der Waals surface area contributed by atoms with Crippen LogP contribution in [0.15, 0.2) is 21.7 Å². The van der Waals surface area contributed by atoms with Gasteiger partial charge in [-0.3, -0.25) is 0 Å². The Hall–Kier alpha value is 0.01000. The molecule has 1 aromatic heterocycles. The van der Waals surface area contributed by atoms with Gasteiger partial charge >= 0.3 is 0 Å². The van der Waals surface area contributed by atoms with Gasteiger partial charge < -0.3 is 4.74 Å². The SMILES string of the molecule is CC1(Sc2cccs2)CO1. The summed E-state index contributed by atoms with van der Waals surface area (Å²) in [6.07, 6.45) is 0. The number of rotatable bonds is 2. The predicted molar refractivity (Wildman–Crippen MR) is 44.5 cm³/mol. The minimum absolute atomic E-state index is 0.102. The van der Waals surface area contributed by atoms with Crippen molar-refractivity contribution >= 4 is 23.1 Å². The van der Waals surface area contributed by atoms with Crippen LogP contribution in [-0.4, -0.2) is 11.5 Å². The van der Waals surface area contributed by atoms with Crippen LogP contribution in [0.4, 0.5) is 0 Å². The number of thioether (sulfide) groups is 1. The second-order valence-electron chi connectivity index (χ2n) is 2.46. The molecule has 2 heterocycles. The van der Waals surface area contributed by atoms with Gasteiger partial charge in [0.05, 0.1) is 10.8 Å². The maximum absolute atomic E-state index is 5.24. The van der Waals surface area contributed by atoms with Crippen molar-refractivity contribution in [3.8, 4) is 0 Å². The molecule has 0 aromatic carbocycles. The summed E-state index contributed by atoms with van der Waals surface area (Å²) in [6, 6.07) is 4.20. The van der Waals surface area contributed by atoms with Gasteiger partial charge in [0, 0.05) is 0 Å². The molecule has 0 saturated carbocycles. The molecule has 0 N–H and O–H groups in total. The highest BCUT2D eigenvalue weighted by atomic mass is 32.2. The first-order chi connectivity index (χ1) is 4.79. The van der Waals surface area contributed by atoms with E-state index in [0.717, 1.165) is 6.61 Å². The van der Waals surface area contributed by atoms with Crippen LogP contribution < -0.4 is 0 Å². The predicted octanol–water partition coefficient (Wildman–Crippen LogP) is 2.59. The van der Waals surface area contributed by atoms with Crippen molar-refractivity contribution in [3.63, 3.8) is 0 Å². The standard InChI is InChI=1S/C7H8OS2/c1-7(5-8-7)10-6-3-2-4-9-6/h2-4H,5H2,1H3. The molecule has 3 heteroatoms. The Morgan fingerprint density at radius 3 is 3.10 bits per heavy atom. The van der Waals surface area contributed by atoms with Crippen LogP contribution in [0, 0.1) is 0 Å². The molecule has 0 amide bonds. The summed E-state index contributed by atoms with van der Waals surface area (Å²) in [5.41, 5.74) is 0. The lowest BCUT2D eigenvalue weighted by Gasteiger charge is -1.99. The number of thiophene rings is 1. The highest BCUT2D eigenvalue weighted by Gasteiger charge is 2.40. The lowest BCUT2D eigenvalue weighted by molar-refractivity contribution is 0.402.